The molecule has 8 heteroatoms. The van der Waals surface area contributed by atoms with E-state index in [-0.39, 0.29) is 5.41 Å². The Kier molecular flexibility index (Phi) is 6.47. The standard InChI is InChI=1S/C22H29N3O4S/c1-5-29-21(26)17-6-11-20(23-16-17)24-12-14-25(15-13-24)30(27,28)19-9-7-18(8-10-19)22(2,3)4/h6-11,16H,5,12-15H2,1-4H3. The molecule has 1 aliphatic heterocycles. The number of piperazine rings is 1. The van der Waals surface area contributed by atoms with Crippen molar-refractivity contribution in [3.8, 4) is 0 Å². The highest BCUT2D eigenvalue weighted by Gasteiger charge is 2.29. The third kappa shape index (κ3) is 4.82. The molecular weight excluding hydrogens is 402 g/mol. The molecule has 0 bridgehead atoms. The van der Waals surface area contributed by atoms with E-state index in [0.29, 0.717) is 43.2 Å². The Morgan fingerprint density at radius 3 is 2.17 bits per heavy atom. The van der Waals surface area contributed by atoms with Gasteiger partial charge >= 0.3 is 5.97 Å². The van der Waals surface area contributed by atoms with E-state index < -0.39 is 16.0 Å². The number of carbonyl (C=O) groups excluding carboxylic acids is 1. The molecule has 0 N–H and O–H groups in total. The highest BCUT2D eigenvalue weighted by molar-refractivity contribution is 7.89. The summed E-state index contributed by atoms with van der Waals surface area (Å²) in [7, 11) is -3.53. The predicted molar refractivity (Wildman–Crippen MR) is 116 cm³/mol. The van der Waals surface area contributed by atoms with Gasteiger partial charge in [0, 0.05) is 32.4 Å². The van der Waals surface area contributed by atoms with E-state index in [0.717, 1.165) is 11.4 Å². The number of carbonyl (C=O) groups is 1. The predicted octanol–water partition coefficient (Wildman–Crippen LogP) is 3.07. The molecule has 0 saturated carbocycles. The van der Waals surface area contributed by atoms with Crippen molar-refractivity contribution in [2.45, 2.75) is 38.0 Å². The normalized spacial score (nSPS) is 15.8. The van der Waals surface area contributed by atoms with Crippen LogP contribution < -0.4 is 4.90 Å². The number of aromatic nitrogens is 1. The first-order chi connectivity index (χ1) is 14.1. The molecule has 2 heterocycles. The molecule has 0 spiro atoms. The van der Waals surface area contributed by atoms with Gasteiger partial charge in [0.25, 0.3) is 0 Å². The average molecular weight is 432 g/mol. The molecule has 0 unspecified atom stereocenters. The molecular formula is C22H29N3O4S. The van der Waals surface area contributed by atoms with Crippen molar-refractivity contribution in [3.63, 3.8) is 0 Å². The number of rotatable bonds is 5. The first kappa shape index (κ1) is 22.2. The molecule has 1 fully saturated rings. The molecule has 3 rings (SSSR count). The van der Waals surface area contributed by atoms with Crippen LogP contribution in [0.25, 0.3) is 0 Å². The second-order valence-electron chi connectivity index (χ2n) is 8.29. The zero-order valence-electron chi connectivity index (χ0n) is 18.0. The molecule has 0 radical (unpaired) electrons. The largest absolute Gasteiger partial charge is 0.462 e. The van der Waals surface area contributed by atoms with Gasteiger partial charge in [-0.25, -0.2) is 18.2 Å². The Labute approximate surface area is 178 Å². The van der Waals surface area contributed by atoms with Crippen molar-refractivity contribution >= 4 is 21.8 Å². The summed E-state index contributed by atoms with van der Waals surface area (Å²) >= 11 is 0. The van der Waals surface area contributed by atoms with E-state index in [1.807, 2.05) is 17.0 Å². The number of nitrogens with zero attached hydrogens (tertiary/aromatic N) is 3. The van der Waals surface area contributed by atoms with Gasteiger partial charge in [-0.05, 0) is 42.2 Å². The molecule has 0 amide bonds. The van der Waals surface area contributed by atoms with Gasteiger partial charge in [-0.3, -0.25) is 0 Å². The second-order valence-corrected chi connectivity index (χ2v) is 10.2. The smallest absolute Gasteiger partial charge is 0.339 e. The van der Waals surface area contributed by atoms with Crippen LogP contribution >= 0.6 is 0 Å². The fourth-order valence-corrected chi connectivity index (χ4v) is 4.76. The number of esters is 1. The third-order valence-electron chi connectivity index (χ3n) is 5.18. The topological polar surface area (TPSA) is 79.8 Å². The fraction of sp³-hybridized carbons (Fsp3) is 0.455. The molecule has 30 heavy (non-hydrogen) atoms. The van der Waals surface area contributed by atoms with Crippen molar-refractivity contribution in [3.05, 3.63) is 53.7 Å². The van der Waals surface area contributed by atoms with E-state index in [2.05, 4.69) is 25.8 Å². The molecule has 162 valence electrons. The summed E-state index contributed by atoms with van der Waals surface area (Å²) in [5.74, 6) is 0.319. The number of ether oxygens (including phenoxy) is 1. The van der Waals surface area contributed by atoms with Crippen LogP contribution in [0.1, 0.15) is 43.6 Å². The summed E-state index contributed by atoms with van der Waals surface area (Å²) in [6.07, 6.45) is 1.49. The molecule has 2 aromatic rings. The van der Waals surface area contributed by atoms with E-state index >= 15 is 0 Å². The lowest BCUT2D eigenvalue weighted by molar-refractivity contribution is 0.0526. The minimum Gasteiger partial charge on any atom is -0.462 e. The molecule has 0 aliphatic carbocycles. The summed E-state index contributed by atoms with van der Waals surface area (Å²) in [6.45, 7) is 10.2. The lowest BCUT2D eigenvalue weighted by atomic mass is 9.87. The minimum absolute atomic E-state index is 0.0241. The summed E-state index contributed by atoms with van der Waals surface area (Å²) in [6, 6.07) is 10.6. The maximum Gasteiger partial charge on any atom is 0.339 e. The van der Waals surface area contributed by atoms with Gasteiger partial charge in [0.2, 0.25) is 10.0 Å². The zero-order chi connectivity index (χ0) is 21.9. The number of hydrogen-bond acceptors (Lipinski definition) is 6. The van der Waals surface area contributed by atoms with E-state index in [1.54, 1.807) is 31.2 Å². The maximum atomic E-state index is 13.0. The van der Waals surface area contributed by atoms with Gasteiger partial charge < -0.3 is 9.64 Å². The Balaban J connectivity index is 1.65. The van der Waals surface area contributed by atoms with Crippen LogP contribution in [0.3, 0.4) is 0 Å². The van der Waals surface area contributed by atoms with Gasteiger partial charge in [-0.15, -0.1) is 0 Å². The lowest BCUT2D eigenvalue weighted by Gasteiger charge is -2.34. The van der Waals surface area contributed by atoms with Gasteiger partial charge in [0.15, 0.2) is 0 Å². The monoisotopic (exact) mass is 431 g/mol. The fourth-order valence-electron chi connectivity index (χ4n) is 3.34. The number of anilines is 1. The highest BCUT2D eigenvalue weighted by Crippen LogP contribution is 2.25. The number of benzene rings is 1. The summed E-state index contributed by atoms with van der Waals surface area (Å²) in [5.41, 5.74) is 1.48. The van der Waals surface area contributed by atoms with Crippen molar-refractivity contribution in [1.29, 1.82) is 0 Å². The number of hydrogen-bond donors (Lipinski definition) is 0. The van der Waals surface area contributed by atoms with Gasteiger partial charge in [-0.1, -0.05) is 32.9 Å². The van der Waals surface area contributed by atoms with E-state index in [9.17, 15) is 13.2 Å². The Morgan fingerprint density at radius 1 is 1.03 bits per heavy atom. The molecule has 0 atom stereocenters. The van der Waals surface area contributed by atoms with E-state index in [1.165, 1.54) is 10.5 Å². The van der Waals surface area contributed by atoms with Gasteiger partial charge in [0.1, 0.15) is 5.82 Å². The van der Waals surface area contributed by atoms with Crippen molar-refractivity contribution in [1.82, 2.24) is 9.29 Å². The molecule has 1 saturated heterocycles. The molecule has 1 aromatic carbocycles. The Hall–Kier alpha value is -2.45. The van der Waals surface area contributed by atoms with Gasteiger partial charge in [-0.2, -0.15) is 4.31 Å². The first-order valence-electron chi connectivity index (χ1n) is 10.1. The van der Waals surface area contributed by atoms with Crippen molar-refractivity contribution in [2.75, 3.05) is 37.7 Å². The van der Waals surface area contributed by atoms with Crippen LogP contribution in [-0.2, 0) is 20.2 Å². The molecule has 1 aromatic heterocycles. The van der Waals surface area contributed by atoms with Crippen molar-refractivity contribution in [2.24, 2.45) is 0 Å². The summed E-state index contributed by atoms with van der Waals surface area (Å²) < 4.78 is 32.5. The van der Waals surface area contributed by atoms with Crippen LogP contribution in [0.15, 0.2) is 47.5 Å². The lowest BCUT2D eigenvalue weighted by Crippen LogP contribution is -2.48. The summed E-state index contributed by atoms with van der Waals surface area (Å²) in [4.78, 5) is 18.4. The van der Waals surface area contributed by atoms with Crippen molar-refractivity contribution < 1.29 is 17.9 Å². The minimum atomic E-state index is -3.53. The number of pyridine rings is 1. The van der Waals surface area contributed by atoms with Crippen LogP contribution in [0.4, 0.5) is 5.82 Å². The zero-order valence-corrected chi connectivity index (χ0v) is 18.8. The van der Waals surface area contributed by atoms with Crippen LogP contribution in [0, 0.1) is 0 Å². The van der Waals surface area contributed by atoms with Crippen LogP contribution in [0.5, 0.6) is 0 Å². The number of sulfonamides is 1. The molecule has 7 nitrogen and oxygen atoms in total. The first-order valence-corrected chi connectivity index (χ1v) is 11.6. The summed E-state index contributed by atoms with van der Waals surface area (Å²) in [5, 5.41) is 0. The maximum absolute atomic E-state index is 13.0. The Bertz CT molecular complexity index is 973. The Morgan fingerprint density at radius 2 is 1.67 bits per heavy atom. The quantitative estimate of drug-likeness (QED) is 0.677. The third-order valence-corrected chi connectivity index (χ3v) is 7.09. The van der Waals surface area contributed by atoms with Gasteiger partial charge in [0.05, 0.1) is 17.1 Å². The molecule has 1 aliphatic rings. The average Bonchev–Trinajstić information content (AvgIpc) is 2.73. The second kappa shape index (κ2) is 8.73. The highest BCUT2D eigenvalue weighted by atomic mass is 32.2. The van der Waals surface area contributed by atoms with Crippen LogP contribution in [-0.4, -0.2) is 56.5 Å². The van der Waals surface area contributed by atoms with E-state index in [4.69, 9.17) is 4.74 Å². The SMILES string of the molecule is CCOC(=O)c1ccc(N2CCN(S(=O)(=O)c3ccc(C(C)(C)C)cc3)CC2)nc1. The van der Waals surface area contributed by atoms with Crippen LogP contribution in [0.2, 0.25) is 0 Å².